The number of amides is 1. The SMILES string of the molecule is O=C1C[C@@H](c2ccccc2Br)c2c(ccc3ccccc23)N1. The molecule has 1 N–H and O–H groups in total. The number of hydrogen-bond donors (Lipinski definition) is 1. The number of anilines is 1. The van der Waals surface area contributed by atoms with Crippen LogP contribution in [0.25, 0.3) is 10.8 Å². The first kappa shape index (κ1) is 13.5. The number of halogens is 1. The maximum atomic E-state index is 12.1. The zero-order valence-corrected chi connectivity index (χ0v) is 13.4. The number of carbonyl (C=O) groups is 1. The highest BCUT2D eigenvalue weighted by Gasteiger charge is 2.29. The van der Waals surface area contributed by atoms with E-state index in [0.29, 0.717) is 6.42 Å². The zero-order valence-electron chi connectivity index (χ0n) is 11.8. The van der Waals surface area contributed by atoms with E-state index in [2.05, 4.69) is 51.6 Å². The third kappa shape index (κ3) is 2.13. The van der Waals surface area contributed by atoms with Gasteiger partial charge in [0.15, 0.2) is 0 Å². The van der Waals surface area contributed by atoms with Crippen molar-refractivity contribution < 1.29 is 4.79 Å². The lowest BCUT2D eigenvalue weighted by molar-refractivity contribution is -0.116. The lowest BCUT2D eigenvalue weighted by Crippen LogP contribution is -2.24. The average molecular weight is 352 g/mol. The monoisotopic (exact) mass is 351 g/mol. The molecular formula is C19H14BrNO. The molecule has 1 amide bonds. The van der Waals surface area contributed by atoms with Gasteiger partial charge in [0, 0.05) is 22.5 Å². The Hall–Kier alpha value is -2.13. The molecule has 0 spiro atoms. The van der Waals surface area contributed by atoms with Crippen molar-refractivity contribution in [1.82, 2.24) is 0 Å². The van der Waals surface area contributed by atoms with Gasteiger partial charge in [-0.25, -0.2) is 0 Å². The fourth-order valence-electron chi connectivity index (χ4n) is 3.29. The first-order chi connectivity index (χ1) is 10.7. The normalized spacial score (nSPS) is 17.1. The Kier molecular flexibility index (Phi) is 3.23. The predicted octanol–water partition coefficient (Wildman–Crippen LogP) is 5.08. The van der Waals surface area contributed by atoms with E-state index in [4.69, 9.17) is 0 Å². The van der Waals surface area contributed by atoms with Gasteiger partial charge in [-0.15, -0.1) is 0 Å². The van der Waals surface area contributed by atoms with Gasteiger partial charge in [0.2, 0.25) is 5.91 Å². The molecular weight excluding hydrogens is 338 g/mol. The van der Waals surface area contributed by atoms with Gasteiger partial charge in [-0.2, -0.15) is 0 Å². The van der Waals surface area contributed by atoms with Crippen LogP contribution in [0.4, 0.5) is 5.69 Å². The van der Waals surface area contributed by atoms with Crippen molar-refractivity contribution in [3.8, 4) is 0 Å². The van der Waals surface area contributed by atoms with Gasteiger partial charge in [0.05, 0.1) is 0 Å². The molecule has 0 aliphatic carbocycles. The Labute approximate surface area is 137 Å². The quantitative estimate of drug-likeness (QED) is 0.650. The Morgan fingerprint density at radius 2 is 1.73 bits per heavy atom. The number of fused-ring (bicyclic) bond motifs is 3. The number of rotatable bonds is 1. The van der Waals surface area contributed by atoms with Crippen molar-refractivity contribution in [2.75, 3.05) is 5.32 Å². The van der Waals surface area contributed by atoms with Crippen LogP contribution in [0, 0.1) is 0 Å². The molecule has 0 fully saturated rings. The summed E-state index contributed by atoms with van der Waals surface area (Å²) in [6, 6.07) is 20.6. The van der Waals surface area contributed by atoms with E-state index in [1.807, 2.05) is 30.3 Å². The van der Waals surface area contributed by atoms with Crippen LogP contribution in [0.1, 0.15) is 23.5 Å². The minimum atomic E-state index is 0.0727. The molecule has 1 aliphatic rings. The van der Waals surface area contributed by atoms with Crippen molar-refractivity contribution >= 4 is 38.3 Å². The Morgan fingerprint density at radius 1 is 0.955 bits per heavy atom. The molecule has 0 unspecified atom stereocenters. The van der Waals surface area contributed by atoms with Crippen LogP contribution in [0.2, 0.25) is 0 Å². The zero-order chi connectivity index (χ0) is 15.1. The molecule has 1 aliphatic heterocycles. The summed E-state index contributed by atoms with van der Waals surface area (Å²) < 4.78 is 1.05. The number of hydrogen-bond acceptors (Lipinski definition) is 1. The first-order valence-electron chi connectivity index (χ1n) is 7.30. The molecule has 3 aromatic carbocycles. The second kappa shape index (κ2) is 5.25. The van der Waals surface area contributed by atoms with Crippen LogP contribution in [0.5, 0.6) is 0 Å². The highest BCUT2D eigenvalue weighted by molar-refractivity contribution is 9.10. The Morgan fingerprint density at radius 3 is 2.59 bits per heavy atom. The lowest BCUT2D eigenvalue weighted by Gasteiger charge is -2.28. The molecule has 22 heavy (non-hydrogen) atoms. The number of benzene rings is 3. The molecule has 0 saturated heterocycles. The van der Waals surface area contributed by atoms with E-state index < -0.39 is 0 Å². The summed E-state index contributed by atoms with van der Waals surface area (Å²) in [6.45, 7) is 0. The average Bonchev–Trinajstić information content (AvgIpc) is 2.54. The summed E-state index contributed by atoms with van der Waals surface area (Å²) in [7, 11) is 0. The topological polar surface area (TPSA) is 29.1 Å². The van der Waals surface area contributed by atoms with Crippen molar-refractivity contribution in [2.45, 2.75) is 12.3 Å². The van der Waals surface area contributed by atoms with Crippen molar-refractivity contribution in [3.63, 3.8) is 0 Å². The van der Waals surface area contributed by atoms with E-state index in [-0.39, 0.29) is 11.8 Å². The van der Waals surface area contributed by atoms with Gasteiger partial charge in [0.25, 0.3) is 0 Å². The van der Waals surface area contributed by atoms with Gasteiger partial charge < -0.3 is 5.32 Å². The highest BCUT2D eigenvalue weighted by atomic mass is 79.9. The molecule has 3 heteroatoms. The fourth-order valence-corrected chi connectivity index (χ4v) is 3.85. The first-order valence-corrected chi connectivity index (χ1v) is 8.09. The van der Waals surface area contributed by atoms with Gasteiger partial charge in [-0.1, -0.05) is 64.5 Å². The molecule has 0 radical (unpaired) electrons. The summed E-state index contributed by atoms with van der Waals surface area (Å²) in [5.74, 6) is 0.147. The second-order valence-corrected chi connectivity index (χ2v) is 6.43. The largest absolute Gasteiger partial charge is 0.326 e. The minimum Gasteiger partial charge on any atom is -0.326 e. The maximum absolute atomic E-state index is 12.1. The summed E-state index contributed by atoms with van der Waals surface area (Å²) in [5.41, 5.74) is 3.30. The molecule has 4 rings (SSSR count). The molecule has 3 aromatic rings. The van der Waals surface area contributed by atoms with Crippen LogP contribution in [0.3, 0.4) is 0 Å². The van der Waals surface area contributed by atoms with Crippen molar-refractivity contribution in [3.05, 3.63) is 76.3 Å². The lowest BCUT2D eigenvalue weighted by atomic mass is 9.82. The molecule has 0 saturated carbocycles. The molecule has 0 bridgehead atoms. The third-order valence-electron chi connectivity index (χ3n) is 4.26. The van der Waals surface area contributed by atoms with Gasteiger partial charge in [-0.05, 0) is 34.0 Å². The number of carbonyl (C=O) groups excluding carboxylic acids is 1. The second-order valence-electron chi connectivity index (χ2n) is 5.57. The van der Waals surface area contributed by atoms with Crippen LogP contribution in [-0.2, 0) is 4.79 Å². The maximum Gasteiger partial charge on any atom is 0.225 e. The van der Waals surface area contributed by atoms with E-state index in [1.54, 1.807) is 0 Å². The summed E-state index contributed by atoms with van der Waals surface area (Å²) >= 11 is 3.64. The summed E-state index contributed by atoms with van der Waals surface area (Å²) in [6.07, 6.45) is 0.476. The van der Waals surface area contributed by atoms with E-state index in [0.717, 1.165) is 15.7 Å². The molecule has 1 atom stereocenters. The minimum absolute atomic E-state index is 0.0727. The standard InChI is InChI=1S/C19H14BrNO/c20-16-8-4-3-7-14(16)15-11-18(22)21-17-10-9-12-5-1-2-6-13(12)19(15)17/h1-10,15H,11H2,(H,21,22)/t15-/m0/s1. The Balaban J connectivity index is 2.02. The molecule has 2 nitrogen and oxygen atoms in total. The highest BCUT2D eigenvalue weighted by Crippen LogP contribution is 2.43. The van der Waals surface area contributed by atoms with E-state index in [1.165, 1.54) is 16.3 Å². The Bertz CT molecular complexity index is 887. The van der Waals surface area contributed by atoms with Crippen LogP contribution < -0.4 is 5.32 Å². The fraction of sp³-hybridized carbons (Fsp3) is 0.105. The van der Waals surface area contributed by atoms with Gasteiger partial charge in [0.1, 0.15) is 0 Å². The van der Waals surface area contributed by atoms with Crippen LogP contribution in [-0.4, -0.2) is 5.91 Å². The molecule has 0 aromatic heterocycles. The third-order valence-corrected chi connectivity index (χ3v) is 4.99. The van der Waals surface area contributed by atoms with Gasteiger partial charge >= 0.3 is 0 Å². The predicted molar refractivity (Wildman–Crippen MR) is 93.2 cm³/mol. The number of nitrogens with one attached hydrogen (secondary N) is 1. The molecule has 108 valence electrons. The van der Waals surface area contributed by atoms with Crippen molar-refractivity contribution in [2.24, 2.45) is 0 Å². The van der Waals surface area contributed by atoms with Crippen LogP contribution in [0.15, 0.2) is 65.1 Å². The van der Waals surface area contributed by atoms with E-state index >= 15 is 0 Å². The summed E-state index contributed by atoms with van der Waals surface area (Å²) in [4.78, 5) is 12.1. The van der Waals surface area contributed by atoms with Gasteiger partial charge in [-0.3, -0.25) is 4.79 Å². The van der Waals surface area contributed by atoms with Crippen LogP contribution >= 0.6 is 15.9 Å². The smallest absolute Gasteiger partial charge is 0.225 e. The van der Waals surface area contributed by atoms with E-state index in [9.17, 15) is 4.79 Å². The molecule has 1 heterocycles. The van der Waals surface area contributed by atoms with Crippen molar-refractivity contribution in [1.29, 1.82) is 0 Å². The summed E-state index contributed by atoms with van der Waals surface area (Å²) in [5, 5.41) is 5.43.